The zero-order valence-electron chi connectivity index (χ0n) is 16.0. The van der Waals surface area contributed by atoms with Gasteiger partial charge in [-0.15, -0.1) is 0 Å². The number of benzene rings is 2. The standard InChI is InChI=1S/C20H21FN4O4S/c21-15-7-1-4-10-18(15)30(27,28)23-13-19(26)22-12-14-6-5-11-25(14)20-24-16-8-2-3-9-17(16)29-20/h1-4,7-10,14,23H,5-6,11-13H2,(H,22,26)/t14-/m1/s1. The minimum atomic E-state index is -4.11. The van der Waals surface area contributed by atoms with Crippen molar-refractivity contribution in [3.63, 3.8) is 0 Å². The van der Waals surface area contributed by atoms with Crippen LogP contribution < -0.4 is 14.9 Å². The Kier molecular flexibility index (Phi) is 5.69. The summed E-state index contributed by atoms with van der Waals surface area (Å²) in [7, 11) is -4.11. The van der Waals surface area contributed by atoms with Crippen LogP contribution in [-0.2, 0) is 14.8 Å². The summed E-state index contributed by atoms with van der Waals surface area (Å²) in [5, 5.41) is 2.73. The Morgan fingerprint density at radius 2 is 1.97 bits per heavy atom. The summed E-state index contributed by atoms with van der Waals surface area (Å²) in [5.74, 6) is -1.37. The third kappa shape index (κ3) is 4.29. The molecule has 0 radical (unpaired) electrons. The molecule has 4 rings (SSSR count). The number of carbonyl (C=O) groups excluding carboxylic acids is 1. The van der Waals surface area contributed by atoms with Gasteiger partial charge in [-0.05, 0) is 37.1 Å². The maximum atomic E-state index is 13.7. The largest absolute Gasteiger partial charge is 0.423 e. The van der Waals surface area contributed by atoms with Crippen LogP contribution in [-0.4, -0.2) is 45.0 Å². The Morgan fingerprint density at radius 1 is 1.20 bits per heavy atom. The van der Waals surface area contributed by atoms with Crippen LogP contribution >= 0.6 is 0 Å². The van der Waals surface area contributed by atoms with E-state index in [1.807, 2.05) is 29.2 Å². The van der Waals surface area contributed by atoms with Crippen molar-refractivity contribution in [2.75, 3.05) is 24.5 Å². The Bertz CT molecular complexity index is 1130. The molecule has 1 amide bonds. The Morgan fingerprint density at radius 3 is 2.77 bits per heavy atom. The molecule has 2 heterocycles. The number of hydrogen-bond donors (Lipinski definition) is 2. The molecular formula is C20H21FN4O4S. The third-order valence-corrected chi connectivity index (χ3v) is 6.42. The number of nitrogens with one attached hydrogen (secondary N) is 2. The van der Waals surface area contributed by atoms with Gasteiger partial charge >= 0.3 is 0 Å². The fourth-order valence-corrected chi connectivity index (χ4v) is 4.54. The second kappa shape index (κ2) is 8.41. The molecule has 1 aromatic heterocycles. The van der Waals surface area contributed by atoms with E-state index in [9.17, 15) is 17.6 Å². The average Bonchev–Trinajstić information content (AvgIpc) is 3.37. The van der Waals surface area contributed by atoms with Gasteiger partial charge in [0.2, 0.25) is 15.9 Å². The first-order chi connectivity index (χ1) is 14.4. The van der Waals surface area contributed by atoms with Gasteiger partial charge in [0, 0.05) is 13.1 Å². The average molecular weight is 432 g/mol. The minimum Gasteiger partial charge on any atom is -0.423 e. The molecule has 2 N–H and O–H groups in total. The van der Waals surface area contributed by atoms with Gasteiger partial charge in [-0.25, -0.2) is 17.5 Å². The second-order valence-corrected chi connectivity index (χ2v) is 8.75. The van der Waals surface area contributed by atoms with Crippen molar-refractivity contribution in [2.24, 2.45) is 0 Å². The van der Waals surface area contributed by atoms with Gasteiger partial charge in [0.05, 0.1) is 12.6 Å². The highest BCUT2D eigenvalue weighted by Gasteiger charge is 2.29. The van der Waals surface area contributed by atoms with Crippen LogP contribution in [0.25, 0.3) is 11.1 Å². The smallest absolute Gasteiger partial charge is 0.298 e. The number of amides is 1. The number of halogens is 1. The van der Waals surface area contributed by atoms with E-state index in [0.29, 0.717) is 18.1 Å². The molecule has 8 nitrogen and oxygen atoms in total. The van der Waals surface area contributed by atoms with Crippen LogP contribution in [0.3, 0.4) is 0 Å². The molecule has 158 valence electrons. The van der Waals surface area contributed by atoms with Gasteiger partial charge < -0.3 is 14.6 Å². The molecule has 0 bridgehead atoms. The zero-order valence-corrected chi connectivity index (χ0v) is 16.9. The highest BCUT2D eigenvalue weighted by molar-refractivity contribution is 7.89. The van der Waals surface area contributed by atoms with Gasteiger partial charge in [0.15, 0.2) is 5.58 Å². The first-order valence-corrected chi connectivity index (χ1v) is 11.1. The van der Waals surface area contributed by atoms with E-state index in [0.717, 1.165) is 37.0 Å². The topological polar surface area (TPSA) is 105 Å². The molecule has 3 aromatic rings. The predicted molar refractivity (Wildman–Crippen MR) is 109 cm³/mol. The molecule has 30 heavy (non-hydrogen) atoms. The lowest BCUT2D eigenvalue weighted by Gasteiger charge is -2.23. The third-order valence-electron chi connectivity index (χ3n) is 4.99. The number of aromatic nitrogens is 1. The normalized spacial score (nSPS) is 16.8. The molecule has 1 aliphatic rings. The Labute approximate surface area is 173 Å². The molecule has 2 aromatic carbocycles. The van der Waals surface area contributed by atoms with E-state index in [4.69, 9.17) is 4.42 Å². The SMILES string of the molecule is O=C(CNS(=O)(=O)c1ccccc1F)NC[C@H]1CCCN1c1nc2ccccc2o1. The molecule has 0 spiro atoms. The number of nitrogens with zero attached hydrogens (tertiary/aromatic N) is 2. The number of para-hydroxylation sites is 2. The first kappa shape index (κ1) is 20.3. The lowest BCUT2D eigenvalue weighted by Crippen LogP contribution is -2.44. The summed E-state index contributed by atoms with van der Waals surface area (Å²) < 4.78 is 46.0. The lowest BCUT2D eigenvalue weighted by atomic mass is 10.2. The van der Waals surface area contributed by atoms with Crippen LogP contribution in [0.5, 0.6) is 0 Å². The molecule has 10 heteroatoms. The highest BCUT2D eigenvalue weighted by atomic mass is 32.2. The molecule has 0 unspecified atom stereocenters. The molecular weight excluding hydrogens is 411 g/mol. The number of fused-ring (bicyclic) bond motifs is 1. The minimum absolute atomic E-state index is 0.00909. The number of oxazole rings is 1. The number of carbonyl (C=O) groups is 1. The summed E-state index contributed by atoms with van der Waals surface area (Å²) in [6.45, 7) is 0.596. The van der Waals surface area contributed by atoms with E-state index in [2.05, 4.69) is 15.0 Å². The van der Waals surface area contributed by atoms with Crippen LogP contribution in [0.2, 0.25) is 0 Å². The van der Waals surface area contributed by atoms with Crippen molar-refractivity contribution >= 4 is 33.0 Å². The predicted octanol–water partition coefficient (Wildman–Crippen LogP) is 2.03. The Balaban J connectivity index is 1.33. The van der Waals surface area contributed by atoms with Gasteiger partial charge in [0.1, 0.15) is 16.2 Å². The van der Waals surface area contributed by atoms with E-state index >= 15 is 0 Å². The van der Waals surface area contributed by atoms with Crippen molar-refractivity contribution in [1.82, 2.24) is 15.0 Å². The maximum absolute atomic E-state index is 13.7. The van der Waals surface area contributed by atoms with Crippen molar-refractivity contribution < 1.29 is 22.0 Å². The molecule has 1 aliphatic heterocycles. The first-order valence-electron chi connectivity index (χ1n) is 9.57. The van der Waals surface area contributed by atoms with Crippen molar-refractivity contribution in [3.05, 3.63) is 54.3 Å². The van der Waals surface area contributed by atoms with Gasteiger partial charge in [-0.1, -0.05) is 24.3 Å². The van der Waals surface area contributed by atoms with E-state index in [-0.39, 0.29) is 6.04 Å². The Hall–Kier alpha value is -2.98. The molecule has 1 atom stereocenters. The van der Waals surface area contributed by atoms with Crippen molar-refractivity contribution in [3.8, 4) is 0 Å². The van der Waals surface area contributed by atoms with Crippen LogP contribution in [0.15, 0.2) is 57.8 Å². The van der Waals surface area contributed by atoms with Gasteiger partial charge in [0.25, 0.3) is 6.01 Å². The number of hydrogen-bond acceptors (Lipinski definition) is 6. The molecule has 1 saturated heterocycles. The lowest BCUT2D eigenvalue weighted by molar-refractivity contribution is -0.120. The monoisotopic (exact) mass is 432 g/mol. The van der Waals surface area contributed by atoms with Gasteiger partial charge in [-0.3, -0.25) is 4.79 Å². The van der Waals surface area contributed by atoms with E-state index in [1.165, 1.54) is 12.1 Å². The molecule has 0 saturated carbocycles. The summed E-state index contributed by atoms with van der Waals surface area (Å²) in [6.07, 6.45) is 1.78. The number of rotatable bonds is 7. The highest BCUT2D eigenvalue weighted by Crippen LogP contribution is 2.27. The zero-order chi connectivity index (χ0) is 21.1. The van der Waals surface area contributed by atoms with Crippen LogP contribution in [0.4, 0.5) is 10.4 Å². The molecule has 1 fully saturated rings. The van der Waals surface area contributed by atoms with Gasteiger partial charge in [-0.2, -0.15) is 4.98 Å². The van der Waals surface area contributed by atoms with E-state index < -0.39 is 33.2 Å². The fraction of sp³-hybridized carbons (Fsp3) is 0.300. The second-order valence-electron chi connectivity index (χ2n) is 7.01. The quantitative estimate of drug-likeness (QED) is 0.592. The fourth-order valence-electron chi connectivity index (χ4n) is 3.48. The summed E-state index contributed by atoms with van der Waals surface area (Å²) in [6, 6.07) is 13.0. The number of sulfonamides is 1. The van der Waals surface area contributed by atoms with Crippen molar-refractivity contribution in [2.45, 2.75) is 23.8 Å². The van der Waals surface area contributed by atoms with Crippen molar-refractivity contribution in [1.29, 1.82) is 0 Å². The summed E-state index contributed by atoms with van der Waals surface area (Å²) in [5.41, 5.74) is 1.47. The maximum Gasteiger partial charge on any atom is 0.298 e. The molecule has 0 aliphatic carbocycles. The van der Waals surface area contributed by atoms with E-state index in [1.54, 1.807) is 0 Å². The van der Waals surface area contributed by atoms with Crippen LogP contribution in [0.1, 0.15) is 12.8 Å². The number of anilines is 1. The summed E-state index contributed by atoms with van der Waals surface area (Å²) in [4.78, 5) is 18.2. The summed E-state index contributed by atoms with van der Waals surface area (Å²) >= 11 is 0. The van der Waals surface area contributed by atoms with Crippen LogP contribution in [0, 0.1) is 5.82 Å².